The van der Waals surface area contributed by atoms with Crippen LogP contribution in [0.1, 0.15) is 0 Å². The summed E-state index contributed by atoms with van der Waals surface area (Å²) in [7, 11) is 8.90. The molecule has 0 aromatic heterocycles. The van der Waals surface area contributed by atoms with Crippen LogP contribution in [-0.4, -0.2) is 71.0 Å². The van der Waals surface area contributed by atoms with E-state index in [4.69, 9.17) is 19.4 Å². The molecule has 0 aliphatic carbocycles. The molecular weight excluding hydrogens is 319 g/mol. The van der Waals surface area contributed by atoms with Gasteiger partial charge in [-0.1, -0.05) is 0 Å². The van der Waals surface area contributed by atoms with Crippen LogP contribution in [0.3, 0.4) is 0 Å². The van der Waals surface area contributed by atoms with Gasteiger partial charge in [-0.05, 0) is 0 Å². The van der Waals surface area contributed by atoms with Crippen molar-refractivity contribution in [1.82, 2.24) is 18.7 Å². The van der Waals surface area contributed by atoms with Crippen molar-refractivity contribution in [3.63, 3.8) is 0 Å². The van der Waals surface area contributed by atoms with E-state index in [1.165, 1.54) is 52.4 Å². The number of halogens is 2. The molecule has 0 amide bonds. The molecular formula is C8H16Cl2N4PZn+. The second kappa shape index (κ2) is 4.86. The Balaban J connectivity index is 0.000000247. The van der Waals surface area contributed by atoms with E-state index in [-0.39, 0.29) is 0 Å². The van der Waals surface area contributed by atoms with Crippen molar-refractivity contribution in [1.29, 1.82) is 0 Å². The first-order chi connectivity index (χ1) is 7.83. The van der Waals surface area contributed by atoms with Gasteiger partial charge in [0.25, 0.3) is 0 Å². The van der Waals surface area contributed by atoms with Gasteiger partial charge in [0.1, 0.15) is 0 Å². The van der Waals surface area contributed by atoms with E-state index < -0.39 is 23.0 Å². The van der Waals surface area contributed by atoms with Crippen molar-refractivity contribution < 1.29 is 15.1 Å². The molecule has 88 valence electrons. The van der Waals surface area contributed by atoms with Crippen LogP contribution in [0.25, 0.3) is 0 Å². The Morgan fingerprint density at radius 1 is 0.625 bits per heavy atom. The van der Waals surface area contributed by atoms with Crippen LogP contribution >= 0.6 is 27.2 Å². The molecule has 0 aromatic rings. The molecule has 0 bridgehead atoms. The first-order valence-corrected chi connectivity index (χ1v) is 15.3. The Kier molecular flexibility index (Phi) is 3.80. The molecule has 4 saturated heterocycles. The predicted octanol–water partition coefficient (Wildman–Crippen LogP) is 1.30. The quantitative estimate of drug-likeness (QED) is 0.489. The molecule has 0 N–H and O–H groups in total. The number of hydrogen-bond acceptors (Lipinski definition) is 4. The summed E-state index contributed by atoms with van der Waals surface area (Å²) in [6.45, 7) is 10.7. The summed E-state index contributed by atoms with van der Waals surface area (Å²) in [4.78, 5) is 0. The summed E-state index contributed by atoms with van der Waals surface area (Å²) in [6.07, 6.45) is 0. The second-order valence-corrected chi connectivity index (χ2v) is 12.4. The van der Waals surface area contributed by atoms with Gasteiger partial charge in [0, 0.05) is 0 Å². The van der Waals surface area contributed by atoms with Crippen molar-refractivity contribution >= 4 is 27.2 Å². The fourth-order valence-electron chi connectivity index (χ4n) is 3.52. The molecule has 4 aliphatic heterocycles. The maximum atomic E-state index is 4.95. The molecule has 4 heterocycles. The summed E-state index contributed by atoms with van der Waals surface area (Å²) in [5.41, 5.74) is 0. The van der Waals surface area contributed by atoms with Crippen LogP contribution in [-0.2, 0) is 15.1 Å². The summed E-state index contributed by atoms with van der Waals surface area (Å²) in [6, 6.07) is 0. The Morgan fingerprint density at radius 2 is 0.812 bits per heavy atom. The third-order valence-electron chi connectivity index (χ3n) is 3.98. The molecule has 0 saturated carbocycles. The van der Waals surface area contributed by atoms with Gasteiger partial charge < -0.3 is 0 Å². The molecule has 8 heteroatoms. The van der Waals surface area contributed by atoms with Crippen LogP contribution in [0.2, 0.25) is 0 Å². The first-order valence-electron chi connectivity index (χ1n) is 5.86. The fraction of sp³-hybridized carbons (Fsp3) is 1.00. The van der Waals surface area contributed by atoms with E-state index in [0.29, 0.717) is 0 Å². The molecule has 4 rings (SSSR count). The molecule has 0 unspecified atom stereocenters. The van der Waals surface area contributed by atoms with Crippen molar-refractivity contribution in [3.05, 3.63) is 0 Å². The Bertz CT molecular complexity index is 215. The SMILES string of the molecule is C1CN2CCN3CCN4CCN1[P+]243.[Cl][Zn][Cl]. The minimum absolute atomic E-state index is 0.931. The van der Waals surface area contributed by atoms with Crippen LogP contribution < -0.4 is 0 Å². The molecule has 4 aliphatic rings. The summed E-state index contributed by atoms with van der Waals surface area (Å²) in [5.74, 6) is 0. The number of nitrogens with zero attached hydrogens (tertiary/aromatic N) is 4. The standard InChI is InChI=1S/C8H16N4P.2ClH.Zn/c1-2-10-5-6-12-8-7-11-4-3-9(1)13(10,11)12;;;/h1-8H2;2*1H;/q+1;;;+2/p-2. The maximum absolute atomic E-state index is 4.95. The number of rotatable bonds is 0. The average Bonchev–Trinajstić information content (AvgIpc) is 2.86. The minimum atomic E-state index is -1.01. The van der Waals surface area contributed by atoms with Crippen LogP contribution in [0.5, 0.6) is 0 Å². The van der Waals surface area contributed by atoms with Gasteiger partial charge in [-0.3, -0.25) is 0 Å². The van der Waals surface area contributed by atoms with Crippen LogP contribution in [0.15, 0.2) is 0 Å². The van der Waals surface area contributed by atoms with E-state index >= 15 is 0 Å². The van der Waals surface area contributed by atoms with E-state index in [9.17, 15) is 0 Å². The number of hydrogen-bond donors (Lipinski definition) is 0. The molecule has 0 atom stereocenters. The van der Waals surface area contributed by atoms with Crippen molar-refractivity contribution in [2.45, 2.75) is 0 Å². The van der Waals surface area contributed by atoms with Gasteiger partial charge in [-0.15, -0.1) is 18.7 Å². The molecule has 1 spiro atoms. The monoisotopic (exact) mass is 333 g/mol. The Labute approximate surface area is 113 Å². The molecule has 4 nitrogen and oxygen atoms in total. The van der Waals surface area contributed by atoms with Crippen molar-refractivity contribution in [3.8, 4) is 0 Å². The Hall–Kier alpha value is 1.47. The zero-order valence-electron chi connectivity index (χ0n) is 9.36. The van der Waals surface area contributed by atoms with Gasteiger partial charge >= 0.3 is 42.4 Å². The normalized spacial score (nSPS) is 32.1. The second-order valence-electron chi connectivity index (χ2n) is 4.45. The van der Waals surface area contributed by atoms with E-state index in [0.717, 1.165) is 0 Å². The van der Waals surface area contributed by atoms with Crippen LogP contribution in [0, 0.1) is 0 Å². The molecule has 4 fully saturated rings. The topological polar surface area (TPSA) is 13.0 Å². The summed E-state index contributed by atoms with van der Waals surface area (Å²) >= 11 is -0.931. The van der Waals surface area contributed by atoms with E-state index in [2.05, 4.69) is 18.7 Å². The van der Waals surface area contributed by atoms with Crippen molar-refractivity contribution in [2.75, 3.05) is 52.4 Å². The average molecular weight is 336 g/mol. The third kappa shape index (κ3) is 1.57. The van der Waals surface area contributed by atoms with Gasteiger partial charge in [-0.2, -0.15) is 0 Å². The zero-order valence-corrected chi connectivity index (χ0v) is 14.7. The van der Waals surface area contributed by atoms with E-state index in [1.54, 1.807) is 0 Å². The molecule has 16 heavy (non-hydrogen) atoms. The van der Waals surface area contributed by atoms with E-state index in [1.807, 2.05) is 0 Å². The first kappa shape index (κ1) is 12.5. The zero-order chi connectivity index (χ0) is 11.2. The predicted molar refractivity (Wildman–Crippen MR) is 64.9 cm³/mol. The third-order valence-corrected chi connectivity index (χ3v) is 8.62. The van der Waals surface area contributed by atoms with Crippen LogP contribution in [0.4, 0.5) is 0 Å². The summed E-state index contributed by atoms with van der Waals surface area (Å²) in [5, 5.41) is 0. The van der Waals surface area contributed by atoms with Gasteiger partial charge in [-0.25, -0.2) is 0 Å². The molecule has 0 aromatic carbocycles. The summed E-state index contributed by atoms with van der Waals surface area (Å²) < 4.78 is 11.1. The van der Waals surface area contributed by atoms with Gasteiger partial charge in [0.2, 0.25) is 0 Å². The van der Waals surface area contributed by atoms with Gasteiger partial charge in [0.15, 0.2) is 0 Å². The fourth-order valence-corrected chi connectivity index (χ4v) is 8.53. The van der Waals surface area contributed by atoms with Gasteiger partial charge in [0.05, 0.1) is 52.4 Å². The Morgan fingerprint density at radius 3 is 1.00 bits per heavy atom. The molecule has 0 radical (unpaired) electrons. The van der Waals surface area contributed by atoms with Crippen molar-refractivity contribution in [2.24, 2.45) is 0 Å².